The first kappa shape index (κ1) is 18.7. The number of rotatable bonds is 4. The van der Waals surface area contributed by atoms with E-state index in [-0.39, 0.29) is 12.6 Å². The number of nitriles is 1. The number of urea groups is 1. The molecule has 2 unspecified atom stereocenters. The topological polar surface area (TPSA) is 93.4 Å². The summed E-state index contributed by atoms with van der Waals surface area (Å²) in [6.07, 6.45) is 0.448. The molecule has 27 heavy (non-hydrogen) atoms. The van der Waals surface area contributed by atoms with E-state index in [1.165, 1.54) is 4.90 Å². The summed E-state index contributed by atoms with van der Waals surface area (Å²) >= 11 is 6.37. The van der Waals surface area contributed by atoms with Gasteiger partial charge in [-0.15, -0.1) is 0 Å². The van der Waals surface area contributed by atoms with Crippen molar-refractivity contribution in [3.05, 3.63) is 64.7 Å². The van der Waals surface area contributed by atoms with Crippen LogP contribution in [0.1, 0.15) is 23.5 Å². The van der Waals surface area contributed by atoms with Crippen molar-refractivity contribution in [3.8, 4) is 6.07 Å². The fourth-order valence-electron chi connectivity index (χ4n) is 3.16. The summed E-state index contributed by atoms with van der Waals surface area (Å²) < 4.78 is 0. The molecule has 7 heteroatoms. The number of nitrogens with one attached hydrogen (secondary N) is 1. The highest BCUT2D eigenvalue weighted by Crippen LogP contribution is 2.32. The van der Waals surface area contributed by atoms with Crippen LogP contribution >= 0.6 is 11.6 Å². The van der Waals surface area contributed by atoms with Gasteiger partial charge in [-0.1, -0.05) is 48.0 Å². The zero-order valence-corrected chi connectivity index (χ0v) is 15.2. The van der Waals surface area contributed by atoms with Gasteiger partial charge in [-0.05, 0) is 29.7 Å². The highest BCUT2D eigenvalue weighted by molar-refractivity contribution is 6.31. The van der Waals surface area contributed by atoms with Crippen LogP contribution in [-0.4, -0.2) is 35.1 Å². The molecule has 1 saturated heterocycles. The molecule has 1 aliphatic rings. The zero-order chi connectivity index (χ0) is 19.4. The number of hydrogen-bond acceptors (Lipinski definition) is 3. The van der Waals surface area contributed by atoms with Gasteiger partial charge in [-0.3, -0.25) is 4.79 Å². The Labute approximate surface area is 162 Å². The van der Waals surface area contributed by atoms with Crippen molar-refractivity contribution in [2.75, 3.05) is 18.4 Å². The van der Waals surface area contributed by atoms with Crippen LogP contribution in [0.4, 0.5) is 10.5 Å². The Morgan fingerprint density at radius 2 is 2.00 bits per heavy atom. The number of carboxylic acid groups (broad SMARTS) is 1. The molecular weight excluding hydrogens is 366 g/mol. The fourth-order valence-corrected chi connectivity index (χ4v) is 3.45. The predicted octanol–water partition coefficient (Wildman–Crippen LogP) is 3.93. The Balaban J connectivity index is 1.72. The predicted molar refractivity (Wildman–Crippen MR) is 102 cm³/mol. The van der Waals surface area contributed by atoms with Crippen molar-refractivity contribution >= 4 is 29.3 Å². The van der Waals surface area contributed by atoms with E-state index in [2.05, 4.69) is 11.4 Å². The highest BCUT2D eigenvalue weighted by atomic mass is 35.5. The molecule has 1 heterocycles. The SMILES string of the molecule is N#CC(c1ccccc1)c1ccc(NC(=O)N2CCC(C(=O)O)C2)cc1Cl. The molecule has 0 radical (unpaired) electrons. The number of benzene rings is 2. The Morgan fingerprint density at radius 1 is 1.26 bits per heavy atom. The lowest BCUT2D eigenvalue weighted by Crippen LogP contribution is -2.33. The summed E-state index contributed by atoms with van der Waals surface area (Å²) in [4.78, 5) is 24.8. The first-order chi connectivity index (χ1) is 13.0. The van der Waals surface area contributed by atoms with E-state index in [1.54, 1.807) is 18.2 Å². The summed E-state index contributed by atoms with van der Waals surface area (Å²) in [5.74, 6) is -1.91. The molecule has 2 atom stereocenters. The van der Waals surface area contributed by atoms with Crippen LogP contribution in [-0.2, 0) is 4.79 Å². The van der Waals surface area contributed by atoms with Crippen LogP contribution in [0.2, 0.25) is 5.02 Å². The van der Waals surface area contributed by atoms with Crippen molar-refractivity contribution in [2.45, 2.75) is 12.3 Å². The van der Waals surface area contributed by atoms with Crippen molar-refractivity contribution in [3.63, 3.8) is 0 Å². The Morgan fingerprint density at radius 3 is 2.59 bits per heavy atom. The summed E-state index contributed by atoms with van der Waals surface area (Å²) in [6, 6.07) is 16.3. The van der Waals surface area contributed by atoms with Crippen molar-refractivity contribution in [1.29, 1.82) is 5.26 Å². The second-order valence-corrected chi connectivity index (χ2v) is 6.82. The molecule has 0 spiro atoms. The average molecular weight is 384 g/mol. The number of anilines is 1. The van der Waals surface area contributed by atoms with Crippen LogP contribution in [0.15, 0.2) is 48.5 Å². The van der Waals surface area contributed by atoms with E-state index in [4.69, 9.17) is 16.7 Å². The second-order valence-electron chi connectivity index (χ2n) is 6.41. The lowest BCUT2D eigenvalue weighted by Gasteiger charge is -2.18. The number of nitrogens with zero attached hydrogens (tertiary/aromatic N) is 2. The molecule has 1 aliphatic heterocycles. The smallest absolute Gasteiger partial charge is 0.321 e. The largest absolute Gasteiger partial charge is 0.481 e. The van der Waals surface area contributed by atoms with Gasteiger partial charge in [0, 0.05) is 23.8 Å². The normalized spacial score (nSPS) is 17.2. The fraction of sp³-hybridized carbons (Fsp3) is 0.250. The number of halogens is 1. The van der Waals surface area contributed by atoms with Gasteiger partial charge >= 0.3 is 12.0 Å². The first-order valence-electron chi connectivity index (χ1n) is 8.52. The number of likely N-dealkylation sites (tertiary alicyclic amines) is 1. The van der Waals surface area contributed by atoms with Gasteiger partial charge in [-0.25, -0.2) is 4.79 Å². The van der Waals surface area contributed by atoms with Crippen LogP contribution in [0.25, 0.3) is 0 Å². The molecule has 2 aromatic rings. The van der Waals surface area contributed by atoms with Gasteiger partial charge in [0.15, 0.2) is 0 Å². The number of carboxylic acids is 1. The van der Waals surface area contributed by atoms with Gasteiger partial charge in [-0.2, -0.15) is 5.26 Å². The molecule has 6 nitrogen and oxygen atoms in total. The molecule has 0 aromatic heterocycles. The summed E-state index contributed by atoms with van der Waals surface area (Å²) in [5, 5.41) is 21.7. The number of aliphatic carboxylic acids is 1. The number of amides is 2. The first-order valence-corrected chi connectivity index (χ1v) is 8.90. The molecule has 3 rings (SSSR count). The zero-order valence-electron chi connectivity index (χ0n) is 14.4. The third kappa shape index (κ3) is 4.21. The average Bonchev–Trinajstić information content (AvgIpc) is 3.16. The lowest BCUT2D eigenvalue weighted by atomic mass is 9.92. The number of carbonyl (C=O) groups excluding carboxylic acids is 1. The van der Waals surface area contributed by atoms with E-state index in [9.17, 15) is 14.9 Å². The molecular formula is C20H18ClN3O3. The molecule has 138 valence electrons. The highest BCUT2D eigenvalue weighted by Gasteiger charge is 2.31. The third-order valence-corrected chi connectivity index (χ3v) is 4.98. The van der Waals surface area contributed by atoms with E-state index in [0.29, 0.717) is 29.2 Å². The standard InChI is InChI=1S/C20H18ClN3O3/c21-18-10-15(23-20(27)24-9-8-14(12-24)19(25)26)6-7-16(18)17(11-22)13-4-2-1-3-5-13/h1-7,10,14,17H,8-9,12H2,(H,23,27)(H,25,26). The van der Waals surface area contributed by atoms with Crippen molar-refractivity contribution < 1.29 is 14.7 Å². The molecule has 0 aliphatic carbocycles. The number of hydrogen-bond donors (Lipinski definition) is 2. The minimum atomic E-state index is -0.888. The van der Waals surface area contributed by atoms with Crippen LogP contribution in [0.3, 0.4) is 0 Å². The van der Waals surface area contributed by atoms with Gasteiger partial charge < -0.3 is 15.3 Å². The molecule has 2 aromatic carbocycles. The molecule has 1 fully saturated rings. The van der Waals surface area contributed by atoms with E-state index in [0.717, 1.165) is 5.56 Å². The van der Waals surface area contributed by atoms with Gasteiger partial charge in [0.25, 0.3) is 0 Å². The third-order valence-electron chi connectivity index (χ3n) is 4.65. The van der Waals surface area contributed by atoms with Gasteiger partial charge in [0.05, 0.1) is 17.9 Å². The lowest BCUT2D eigenvalue weighted by molar-refractivity contribution is -0.141. The summed E-state index contributed by atoms with van der Waals surface area (Å²) in [6.45, 7) is 0.594. The summed E-state index contributed by atoms with van der Waals surface area (Å²) in [5.41, 5.74) is 2.00. The molecule has 2 N–H and O–H groups in total. The van der Waals surface area contributed by atoms with Gasteiger partial charge in [0.2, 0.25) is 0 Å². The van der Waals surface area contributed by atoms with E-state index >= 15 is 0 Å². The van der Waals surface area contributed by atoms with Crippen molar-refractivity contribution in [2.24, 2.45) is 5.92 Å². The number of carbonyl (C=O) groups is 2. The molecule has 0 bridgehead atoms. The van der Waals surface area contributed by atoms with Gasteiger partial charge in [0.1, 0.15) is 0 Å². The van der Waals surface area contributed by atoms with Crippen LogP contribution in [0, 0.1) is 17.2 Å². The maximum absolute atomic E-state index is 12.3. The van der Waals surface area contributed by atoms with E-state index < -0.39 is 17.8 Å². The minimum absolute atomic E-state index is 0.192. The molecule has 0 saturated carbocycles. The van der Waals surface area contributed by atoms with Crippen LogP contribution in [0.5, 0.6) is 0 Å². The van der Waals surface area contributed by atoms with Crippen molar-refractivity contribution in [1.82, 2.24) is 4.90 Å². The van der Waals surface area contributed by atoms with Crippen LogP contribution < -0.4 is 5.32 Å². The maximum Gasteiger partial charge on any atom is 0.321 e. The monoisotopic (exact) mass is 383 g/mol. The quantitative estimate of drug-likeness (QED) is 0.836. The Bertz CT molecular complexity index is 895. The Kier molecular flexibility index (Phi) is 5.63. The maximum atomic E-state index is 12.3. The Hall–Kier alpha value is -3.04. The van der Waals surface area contributed by atoms with E-state index in [1.807, 2.05) is 30.3 Å². The minimum Gasteiger partial charge on any atom is -0.481 e. The molecule has 2 amide bonds. The summed E-state index contributed by atoms with van der Waals surface area (Å²) in [7, 11) is 0. The second kappa shape index (κ2) is 8.11.